The summed E-state index contributed by atoms with van der Waals surface area (Å²) in [6.07, 6.45) is 8.32. The highest BCUT2D eigenvalue weighted by Gasteiger charge is 2.19. The van der Waals surface area contributed by atoms with Crippen molar-refractivity contribution in [2.45, 2.75) is 45.6 Å². The molecule has 0 amide bonds. The van der Waals surface area contributed by atoms with Gasteiger partial charge in [-0.25, -0.2) is 4.98 Å². The molecule has 0 saturated carbocycles. The molecule has 1 aliphatic rings. The molecule has 5 rings (SSSR count). The van der Waals surface area contributed by atoms with E-state index >= 15 is 0 Å². The van der Waals surface area contributed by atoms with Gasteiger partial charge >= 0.3 is 0 Å². The Balaban J connectivity index is 1.63. The number of halogens is 1. The van der Waals surface area contributed by atoms with Gasteiger partial charge in [-0.15, -0.1) is 0 Å². The zero-order valence-electron chi connectivity index (χ0n) is 21.1. The van der Waals surface area contributed by atoms with E-state index in [1.54, 1.807) is 13.3 Å². The van der Waals surface area contributed by atoms with Gasteiger partial charge in [0.2, 0.25) is 5.88 Å². The number of benzene rings is 2. The number of nitrogens with one attached hydrogen (secondary N) is 1. The van der Waals surface area contributed by atoms with Crippen LogP contribution in [-0.4, -0.2) is 36.3 Å². The highest BCUT2D eigenvalue weighted by Crippen LogP contribution is 2.42. The molecule has 1 saturated heterocycles. The van der Waals surface area contributed by atoms with Gasteiger partial charge in [0.05, 0.1) is 24.3 Å². The summed E-state index contributed by atoms with van der Waals surface area (Å²) in [5.41, 5.74) is 6.97. The van der Waals surface area contributed by atoms with E-state index in [1.807, 2.05) is 24.4 Å². The number of hydrogen-bond donors (Lipinski definition) is 1. The molecule has 1 unspecified atom stereocenters. The van der Waals surface area contributed by atoms with Crippen LogP contribution in [-0.2, 0) is 0 Å². The highest BCUT2D eigenvalue weighted by atomic mass is 35.5. The molecule has 0 spiro atoms. The first kappa shape index (κ1) is 24.5. The summed E-state index contributed by atoms with van der Waals surface area (Å²) in [7, 11) is 1.62. The smallest absolute Gasteiger partial charge is 0.221 e. The zero-order valence-corrected chi connectivity index (χ0v) is 21.9. The minimum absolute atomic E-state index is 0.501. The number of ether oxygens (including phenoxy) is 2. The van der Waals surface area contributed by atoms with Crippen molar-refractivity contribution >= 4 is 22.5 Å². The Labute approximate surface area is 217 Å². The maximum Gasteiger partial charge on any atom is 0.221 e. The van der Waals surface area contributed by atoms with Crippen LogP contribution in [0.3, 0.4) is 0 Å². The molecular formula is C30H32ClN3O2. The van der Waals surface area contributed by atoms with Gasteiger partial charge in [0, 0.05) is 40.5 Å². The molecule has 0 bridgehead atoms. The molecule has 0 aliphatic carbocycles. The molecule has 1 N–H and O–H groups in total. The van der Waals surface area contributed by atoms with Crippen molar-refractivity contribution in [1.82, 2.24) is 15.3 Å². The van der Waals surface area contributed by atoms with E-state index in [0.717, 1.165) is 51.9 Å². The third-order valence-corrected chi connectivity index (χ3v) is 7.13. The van der Waals surface area contributed by atoms with Crippen LogP contribution in [0.15, 0.2) is 54.9 Å². The molecule has 3 heterocycles. The number of hydrogen-bond acceptors (Lipinski definition) is 5. The Kier molecular flexibility index (Phi) is 7.40. The van der Waals surface area contributed by atoms with E-state index in [-0.39, 0.29) is 0 Å². The second-order valence-electron chi connectivity index (χ2n) is 9.57. The van der Waals surface area contributed by atoms with Crippen LogP contribution in [0.5, 0.6) is 11.6 Å². The first-order valence-corrected chi connectivity index (χ1v) is 13.0. The Hall–Kier alpha value is -3.15. The van der Waals surface area contributed by atoms with Crippen LogP contribution in [0, 0.1) is 13.8 Å². The molecule has 5 nitrogen and oxygen atoms in total. The lowest BCUT2D eigenvalue weighted by atomic mass is 9.97. The molecule has 0 radical (unpaired) electrons. The number of piperidine rings is 1. The minimum atomic E-state index is 0.501. The number of nitrogens with zero attached hydrogens (tertiary/aromatic N) is 2. The van der Waals surface area contributed by atoms with Crippen LogP contribution < -0.4 is 14.8 Å². The first-order chi connectivity index (χ1) is 17.5. The maximum atomic E-state index is 6.75. The summed E-state index contributed by atoms with van der Waals surface area (Å²) in [5.74, 6) is 1.37. The van der Waals surface area contributed by atoms with Gasteiger partial charge in [-0.05, 0) is 69.5 Å². The average Bonchev–Trinajstić information content (AvgIpc) is 2.88. The van der Waals surface area contributed by atoms with Crippen LogP contribution in [0.4, 0.5) is 0 Å². The molecule has 4 aromatic rings. The van der Waals surface area contributed by atoms with E-state index < -0.39 is 0 Å². The second-order valence-corrected chi connectivity index (χ2v) is 9.98. The van der Waals surface area contributed by atoms with Gasteiger partial charge in [0.15, 0.2) is 0 Å². The average molecular weight is 502 g/mol. The van der Waals surface area contributed by atoms with Gasteiger partial charge in [-0.1, -0.05) is 47.3 Å². The van der Waals surface area contributed by atoms with Gasteiger partial charge in [-0.3, -0.25) is 4.98 Å². The second kappa shape index (κ2) is 10.9. The summed E-state index contributed by atoms with van der Waals surface area (Å²) in [5, 5.41) is 5.14. The molecule has 2 aromatic heterocycles. The third kappa shape index (κ3) is 5.18. The number of aromatic nitrogens is 2. The third-order valence-electron chi connectivity index (χ3n) is 6.82. The predicted octanol–water partition coefficient (Wildman–Crippen LogP) is 7.15. The van der Waals surface area contributed by atoms with Crippen molar-refractivity contribution in [3.05, 3.63) is 71.0 Å². The molecule has 1 atom stereocenters. The number of methoxy groups -OCH3 is 1. The van der Waals surface area contributed by atoms with Crippen LogP contribution in [0.2, 0.25) is 5.02 Å². The molecule has 6 heteroatoms. The van der Waals surface area contributed by atoms with Crippen LogP contribution in [0.25, 0.3) is 33.2 Å². The van der Waals surface area contributed by atoms with E-state index in [1.165, 1.54) is 30.4 Å². The normalized spacial score (nSPS) is 15.7. The van der Waals surface area contributed by atoms with E-state index in [4.69, 9.17) is 26.1 Å². The SMILES string of the molecule is COc1ncccc1-c1cc2c(OCCC3CCCCN3)c(-c3cc(C)cc(C)c3)cnc2cc1Cl. The van der Waals surface area contributed by atoms with Crippen molar-refractivity contribution < 1.29 is 9.47 Å². The lowest BCUT2D eigenvalue weighted by Crippen LogP contribution is -2.35. The molecule has 2 aromatic carbocycles. The monoisotopic (exact) mass is 501 g/mol. The van der Waals surface area contributed by atoms with Crippen molar-refractivity contribution in [2.24, 2.45) is 0 Å². The first-order valence-electron chi connectivity index (χ1n) is 12.6. The number of pyridine rings is 2. The molecule has 1 aliphatic heterocycles. The Morgan fingerprint density at radius 2 is 1.83 bits per heavy atom. The fraction of sp³-hybridized carbons (Fsp3) is 0.333. The summed E-state index contributed by atoms with van der Waals surface area (Å²) >= 11 is 6.75. The Morgan fingerprint density at radius 3 is 2.58 bits per heavy atom. The van der Waals surface area contributed by atoms with Crippen molar-refractivity contribution in [3.63, 3.8) is 0 Å². The maximum absolute atomic E-state index is 6.75. The fourth-order valence-corrected chi connectivity index (χ4v) is 5.38. The predicted molar refractivity (Wildman–Crippen MR) is 147 cm³/mol. The van der Waals surface area contributed by atoms with Crippen molar-refractivity contribution in [2.75, 3.05) is 20.3 Å². The van der Waals surface area contributed by atoms with Crippen LogP contribution in [0.1, 0.15) is 36.8 Å². The lowest BCUT2D eigenvalue weighted by Gasteiger charge is -2.24. The summed E-state index contributed by atoms with van der Waals surface area (Å²) < 4.78 is 12.1. The van der Waals surface area contributed by atoms with Gasteiger partial charge < -0.3 is 14.8 Å². The van der Waals surface area contributed by atoms with Crippen molar-refractivity contribution in [1.29, 1.82) is 0 Å². The summed E-state index contributed by atoms with van der Waals surface area (Å²) in [6.45, 7) is 5.95. The summed E-state index contributed by atoms with van der Waals surface area (Å²) in [6, 6.07) is 14.9. The minimum Gasteiger partial charge on any atom is -0.492 e. The van der Waals surface area contributed by atoms with Crippen molar-refractivity contribution in [3.8, 4) is 33.9 Å². The largest absolute Gasteiger partial charge is 0.492 e. The Morgan fingerprint density at radius 1 is 1.00 bits per heavy atom. The van der Waals surface area contributed by atoms with E-state index in [0.29, 0.717) is 23.6 Å². The lowest BCUT2D eigenvalue weighted by molar-refractivity contribution is 0.271. The zero-order chi connectivity index (χ0) is 25.1. The topological polar surface area (TPSA) is 56.3 Å². The number of aryl methyl sites for hydroxylation is 2. The Bertz CT molecular complexity index is 1360. The summed E-state index contributed by atoms with van der Waals surface area (Å²) in [4.78, 5) is 9.16. The van der Waals surface area contributed by atoms with Gasteiger partial charge in [0.1, 0.15) is 5.75 Å². The van der Waals surface area contributed by atoms with Gasteiger partial charge in [0.25, 0.3) is 0 Å². The number of fused-ring (bicyclic) bond motifs is 1. The number of rotatable bonds is 7. The molecular weight excluding hydrogens is 470 g/mol. The van der Waals surface area contributed by atoms with Gasteiger partial charge in [-0.2, -0.15) is 0 Å². The van der Waals surface area contributed by atoms with Crippen LogP contribution >= 0.6 is 11.6 Å². The van der Waals surface area contributed by atoms with E-state index in [9.17, 15) is 0 Å². The highest BCUT2D eigenvalue weighted by molar-refractivity contribution is 6.34. The quantitative estimate of drug-likeness (QED) is 0.291. The van der Waals surface area contributed by atoms with E-state index in [2.05, 4.69) is 48.4 Å². The molecule has 186 valence electrons. The molecule has 36 heavy (non-hydrogen) atoms. The molecule has 1 fully saturated rings. The fourth-order valence-electron chi connectivity index (χ4n) is 5.12. The standard InChI is InChI=1S/C30H32ClN3O2/c1-19-13-20(2)15-21(14-19)26-18-34-28-17-27(31)24(23-8-6-11-33-30(23)35-3)16-25(28)29(26)36-12-9-22-7-4-5-10-32-22/h6,8,11,13-18,22,32H,4-5,7,9-10,12H2,1-3H3.